The normalized spacial score (nSPS) is 11.8. The second-order valence-electron chi connectivity index (χ2n) is 1.61. The van der Waals surface area contributed by atoms with E-state index in [1.165, 1.54) is 0 Å². The van der Waals surface area contributed by atoms with E-state index in [0.29, 0.717) is 0 Å². The van der Waals surface area contributed by atoms with Crippen molar-refractivity contribution in [2.45, 2.75) is 0 Å². The second kappa shape index (κ2) is 8.99. The van der Waals surface area contributed by atoms with Crippen LogP contribution in [0.2, 0.25) is 0 Å². The first-order valence-electron chi connectivity index (χ1n) is 2.28. The molecule has 0 aliphatic rings. The smallest absolute Gasteiger partial charge is 0.302 e. The second-order valence-corrected chi connectivity index (χ2v) is 5.82. The molecule has 10 nitrogen and oxygen atoms in total. The van der Waals surface area contributed by atoms with Gasteiger partial charge in [-0.3, -0.25) is 0 Å². The summed E-state index contributed by atoms with van der Waals surface area (Å²) in [6.07, 6.45) is 0. The maximum Gasteiger partial charge on any atom is 0.490 e. The summed E-state index contributed by atoms with van der Waals surface area (Å²) in [5.74, 6) is 0. The summed E-state index contributed by atoms with van der Waals surface area (Å²) in [5, 5.41) is 0. The standard InChI is InChI=1S/Al.H5O10P3.H3P.Zn.2H/c;1-11(2,3)9-13(7,8)10-12(4,5)6;;;;/h;(H,7,8)(H2,1,2,3)(H2,4,5,6);1H3;;;. The first-order valence-corrected chi connectivity index (χ1v) is 6.83. The maximum atomic E-state index is 10.4. The molecule has 1 unspecified atom stereocenters. The van der Waals surface area contributed by atoms with Crippen LogP contribution < -0.4 is 0 Å². The Morgan fingerprint density at radius 2 is 0.938 bits per heavy atom. The van der Waals surface area contributed by atoms with Crippen molar-refractivity contribution in [1.82, 2.24) is 0 Å². The zero-order chi connectivity index (χ0) is 10.9. The molecule has 0 aromatic rings. The van der Waals surface area contributed by atoms with Crippen molar-refractivity contribution < 1.29 is 66.3 Å². The number of hydrogen-bond donors (Lipinski definition) is 5. The predicted octanol–water partition coefficient (Wildman–Crippen LogP) is -1.56. The van der Waals surface area contributed by atoms with E-state index in [-0.39, 0.29) is 46.7 Å². The van der Waals surface area contributed by atoms with E-state index < -0.39 is 23.5 Å². The van der Waals surface area contributed by atoms with Gasteiger partial charge in [0, 0.05) is 19.5 Å². The fourth-order valence-electron chi connectivity index (χ4n) is 0.284. The van der Waals surface area contributed by atoms with Crippen LogP contribution in [-0.4, -0.2) is 41.8 Å². The van der Waals surface area contributed by atoms with Gasteiger partial charge >= 0.3 is 23.5 Å². The maximum absolute atomic E-state index is 10.4. The molecule has 1 atom stereocenters. The minimum Gasteiger partial charge on any atom is -0.302 e. The van der Waals surface area contributed by atoms with Gasteiger partial charge in [0.15, 0.2) is 0 Å². The van der Waals surface area contributed by atoms with Gasteiger partial charge in [-0.05, 0) is 0 Å². The topological polar surface area (TPSA) is 171 Å². The molecule has 16 heteroatoms. The number of phosphoric acid groups is 3. The molecular weight excluding hydrogens is 376 g/mol. The summed E-state index contributed by atoms with van der Waals surface area (Å²) in [6, 6.07) is 0. The molecule has 0 spiro atoms. The summed E-state index contributed by atoms with van der Waals surface area (Å²) in [6.45, 7) is 0. The first kappa shape index (κ1) is 26.5. The molecule has 0 aromatic carbocycles. The van der Waals surface area contributed by atoms with Gasteiger partial charge in [-0.1, -0.05) is 0 Å². The molecule has 0 aliphatic carbocycles. The van der Waals surface area contributed by atoms with Crippen LogP contribution in [-0.2, 0) is 41.8 Å². The third-order valence-corrected chi connectivity index (χ3v) is 3.77. The van der Waals surface area contributed by atoms with Crippen LogP contribution >= 0.6 is 33.4 Å². The zero-order valence-corrected chi connectivity index (χ0v) is 17.1. The van der Waals surface area contributed by atoms with Crippen LogP contribution in [0.3, 0.4) is 0 Å². The molecule has 0 aromatic heterocycles. The first-order chi connectivity index (χ1) is 5.41. The SMILES string of the molecule is O=P(O)(O)OP(=O)(O)OP(=O)(O)O.P.[AlH2].[Zn]. The van der Waals surface area contributed by atoms with Crippen LogP contribution in [0, 0.1) is 0 Å². The van der Waals surface area contributed by atoms with E-state index in [2.05, 4.69) is 8.62 Å². The fraction of sp³-hybridized carbons (Fsp3) is 0. The Morgan fingerprint density at radius 3 is 1.06 bits per heavy atom. The molecular formula is H10AlO10P4Zn. The Labute approximate surface area is 117 Å². The van der Waals surface area contributed by atoms with Gasteiger partial charge in [0.1, 0.15) is 17.4 Å². The molecule has 0 saturated heterocycles. The average Bonchev–Trinajstić information content (AvgIpc) is 1.43. The minimum atomic E-state index is -5.46. The Balaban J connectivity index is -0.000000240. The van der Waals surface area contributed by atoms with Crippen LogP contribution in [0.25, 0.3) is 0 Å². The van der Waals surface area contributed by atoms with E-state index in [4.69, 9.17) is 24.5 Å². The van der Waals surface area contributed by atoms with Gasteiger partial charge in [0.05, 0.1) is 0 Å². The third kappa shape index (κ3) is 18.4. The van der Waals surface area contributed by atoms with Crippen LogP contribution in [0.5, 0.6) is 0 Å². The van der Waals surface area contributed by atoms with E-state index in [0.717, 1.165) is 0 Å². The van der Waals surface area contributed by atoms with Crippen LogP contribution in [0.15, 0.2) is 0 Å². The monoisotopic (exact) mass is 385 g/mol. The molecule has 0 heterocycles. The van der Waals surface area contributed by atoms with Gasteiger partial charge in [-0.2, -0.15) is 18.5 Å². The molecule has 95 valence electrons. The van der Waals surface area contributed by atoms with Crippen molar-refractivity contribution in [1.29, 1.82) is 0 Å². The van der Waals surface area contributed by atoms with Crippen molar-refractivity contribution >= 4 is 50.7 Å². The van der Waals surface area contributed by atoms with Crippen molar-refractivity contribution in [3.8, 4) is 0 Å². The van der Waals surface area contributed by atoms with Crippen molar-refractivity contribution in [2.75, 3.05) is 0 Å². The molecule has 0 rings (SSSR count). The zero-order valence-electron chi connectivity index (χ0n) is 8.03. The predicted molar refractivity (Wildman–Crippen MR) is 55.7 cm³/mol. The average molecular weight is 386 g/mol. The van der Waals surface area contributed by atoms with Gasteiger partial charge < -0.3 is 24.5 Å². The van der Waals surface area contributed by atoms with Gasteiger partial charge in [-0.25, -0.2) is 13.7 Å². The van der Waals surface area contributed by atoms with Crippen LogP contribution in [0.1, 0.15) is 0 Å². The third-order valence-electron chi connectivity index (χ3n) is 0.419. The van der Waals surface area contributed by atoms with Gasteiger partial charge in [0.2, 0.25) is 0 Å². The largest absolute Gasteiger partial charge is 0.490 e. The Kier molecular flexibility index (Phi) is 14.9. The Morgan fingerprint density at radius 1 is 0.750 bits per heavy atom. The summed E-state index contributed by atoms with van der Waals surface area (Å²) < 4.78 is 36.4. The van der Waals surface area contributed by atoms with E-state index >= 15 is 0 Å². The van der Waals surface area contributed by atoms with Crippen molar-refractivity contribution in [2.24, 2.45) is 0 Å². The molecule has 0 amide bonds. The summed E-state index contributed by atoms with van der Waals surface area (Å²) in [7, 11) is -16.2. The molecule has 16 heavy (non-hydrogen) atoms. The number of hydrogen-bond acceptors (Lipinski definition) is 5. The molecule has 0 bridgehead atoms. The Hall–Kier alpha value is 2.00. The van der Waals surface area contributed by atoms with E-state index in [9.17, 15) is 13.7 Å². The van der Waals surface area contributed by atoms with E-state index in [1.54, 1.807) is 0 Å². The fourth-order valence-corrected chi connectivity index (χ4v) is 2.82. The molecule has 0 aliphatic heterocycles. The van der Waals surface area contributed by atoms with Crippen LogP contribution in [0.4, 0.5) is 0 Å². The molecule has 0 saturated carbocycles. The van der Waals surface area contributed by atoms with Crippen molar-refractivity contribution in [3.05, 3.63) is 0 Å². The number of rotatable bonds is 4. The van der Waals surface area contributed by atoms with Crippen molar-refractivity contribution in [3.63, 3.8) is 0 Å². The summed E-state index contributed by atoms with van der Waals surface area (Å²) in [5.41, 5.74) is 0. The van der Waals surface area contributed by atoms with E-state index in [1.807, 2.05) is 0 Å². The van der Waals surface area contributed by atoms with Gasteiger partial charge in [-0.15, -0.1) is 0 Å². The summed E-state index contributed by atoms with van der Waals surface area (Å²) >= 11 is 0. The summed E-state index contributed by atoms with van der Waals surface area (Å²) in [4.78, 5) is 40.2. The molecule has 0 fully saturated rings. The quantitative estimate of drug-likeness (QED) is 0.281. The molecule has 1 radical (unpaired) electrons. The Bertz CT molecular complexity index is 285. The minimum absolute atomic E-state index is 0. The molecule has 5 N–H and O–H groups in total. The van der Waals surface area contributed by atoms with Gasteiger partial charge in [0.25, 0.3) is 0 Å².